The summed E-state index contributed by atoms with van der Waals surface area (Å²) in [5.41, 5.74) is 4.39. The van der Waals surface area contributed by atoms with Crippen molar-refractivity contribution in [3.05, 3.63) is 65.7 Å². The maximum absolute atomic E-state index is 5.65. The summed E-state index contributed by atoms with van der Waals surface area (Å²) in [6, 6.07) is 11.9. The molecule has 120 valence electrons. The third-order valence-corrected chi connectivity index (χ3v) is 3.55. The molecule has 2 aromatic carbocycles. The van der Waals surface area contributed by atoms with Crippen molar-refractivity contribution >= 4 is 11.9 Å². The molecule has 0 saturated heterocycles. The largest absolute Gasteiger partial charge is 0.490 e. The van der Waals surface area contributed by atoms with Gasteiger partial charge in [-0.3, -0.25) is 4.99 Å². The molecular formula is C20H23NO2. The first-order valence-electron chi connectivity index (χ1n) is 7.76. The highest BCUT2D eigenvalue weighted by molar-refractivity contribution is 5.83. The summed E-state index contributed by atoms with van der Waals surface area (Å²) >= 11 is 0. The smallest absolute Gasteiger partial charge is 0.161 e. The summed E-state index contributed by atoms with van der Waals surface area (Å²) in [6.45, 7) is 10.8. The van der Waals surface area contributed by atoms with Crippen molar-refractivity contribution < 1.29 is 9.47 Å². The zero-order valence-corrected chi connectivity index (χ0v) is 14.0. The van der Waals surface area contributed by atoms with E-state index in [0.29, 0.717) is 13.2 Å². The number of rotatable bonds is 7. The van der Waals surface area contributed by atoms with Crippen LogP contribution < -0.4 is 9.47 Å². The van der Waals surface area contributed by atoms with Crippen molar-refractivity contribution in [3.8, 4) is 11.5 Å². The van der Waals surface area contributed by atoms with Gasteiger partial charge in [-0.15, -0.1) is 0 Å². The second-order valence-electron chi connectivity index (χ2n) is 5.22. The molecule has 0 radical (unpaired) electrons. The lowest BCUT2D eigenvalue weighted by atomic mass is 10.1. The van der Waals surface area contributed by atoms with Crippen molar-refractivity contribution in [2.45, 2.75) is 20.8 Å². The third-order valence-electron chi connectivity index (χ3n) is 3.55. The highest BCUT2D eigenvalue weighted by Gasteiger charge is 2.05. The minimum Gasteiger partial charge on any atom is -0.490 e. The lowest BCUT2D eigenvalue weighted by Crippen LogP contribution is -1.99. The maximum atomic E-state index is 5.65. The van der Waals surface area contributed by atoms with Crippen LogP contribution in [-0.2, 0) is 0 Å². The molecule has 3 nitrogen and oxygen atoms in total. The predicted octanol–water partition coefficient (Wildman–Crippen LogP) is 5.02. The first-order valence-corrected chi connectivity index (χ1v) is 7.76. The Kier molecular flexibility index (Phi) is 5.98. The van der Waals surface area contributed by atoms with E-state index in [1.807, 2.05) is 43.5 Å². The minimum absolute atomic E-state index is 0.454. The molecule has 0 heterocycles. The maximum Gasteiger partial charge on any atom is 0.161 e. The van der Waals surface area contributed by atoms with Crippen LogP contribution in [0.5, 0.6) is 11.5 Å². The molecule has 0 saturated carbocycles. The molecule has 0 fully saturated rings. The van der Waals surface area contributed by atoms with Gasteiger partial charge in [-0.25, -0.2) is 0 Å². The van der Waals surface area contributed by atoms with Gasteiger partial charge in [0.25, 0.3) is 0 Å². The van der Waals surface area contributed by atoms with Crippen molar-refractivity contribution in [1.82, 2.24) is 0 Å². The molecule has 0 spiro atoms. The lowest BCUT2D eigenvalue weighted by molar-refractivity contribution is 0.297. The third kappa shape index (κ3) is 4.46. The fourth-order valence-corrected chi connectivity index (χ4v) is 2.16. The van der Waals surface area contributed by atoms with Gasteiger partial charge < -0.3 is 9.47 Å². The first-order chi connectivity index (χ1) is 11.2. The molecule has 0 aromatic heterocycles. The van der Waals surface area contributed by atoms with Crippen LogP contribution in [0.25, 0.3) is 0 Å². The van der Waals surface area contributed by atoms with E-state index in [2.05, 4.69) is 31.5 Å². The molecule has 0 amide bonds. The number of hydrogen-bond donors (Lipinski definition) is 0. The van der Waals surface area contributed by atoms with E-state index < -0.39 is 0 Å². The van der Waals surface area contributed by atoms with Crippen molar-refractivity contribution in [3.63, 3.8) is 0 Å². The topological polar surface area (TPSA) is 30.8 Å². The SMILES string of the molecule is C=CCOc1ccc(C=Nc2cccc(C)c2C)cc1OCC. The lowest BCUT2D eigenvalue weighted by Gasteiger charge is -2.11. The number of ether oxygens (including phenoxy) is 2. The van der Waals surface area contributed by atoms with Crippen LogP contribution in [0, 0.1) is 13.8 Å². The zero-order valence-electron chi connectivity index (χ0n) is 14.0. The van der Waals surface area contributed by atoms with E-state index in [-0.39, 0.29) is 0 Å². The molecule has 3 heteroatoms. The zero-order chi connectivity index (χ0) is 16.7. The molecule has 0 unspecified atom stereocenters. The Bertz CT molecular complexity index is 705. The Morgan fingerprint density at radius 3 is 2.65 bits per heavy atom. The average Bonchev–Trinajstić information content (AvgIpc) is 2.55. The monoisotopic (exact) mass is 309 g/mol. The minimum atomic E-state index is 0.454. The molecule has 0 N–H and O–H groups in total. The number of nitrogens with zero attached hydrogens (tertiary/aromatic N) is 1. The van der Waals surface area contributed by atoms with E-state index in [0.717, 1.165) is 22.7 Å². The Hall–Kier alpha value is -2.55. The number of aryl methyl sites for hydroxylation is 1. The Balaban J connectivity index is 2.25. The van der Waals surface area contributed by atoms with E-state index in [9.17, 15) is 0 Å². The van der Waals surface area contributed by atoms with Crippen LogP contribution in [0.3, 0.4) is 0 Å². The van der Waals surface area contributed by atoms with E-state index in [1.165, 1.54) is 11.1 Å². The van der Waals surface area contributed by atoms with Crippen LogP contribution in [-0.4, -0.2) is 19.4 Å². The summed E-state index contributed by atoms with van der Waals surface area (Å²) < 4.78 is 11.3. The summed E-state index contributed by atoms with van der Waals surface area (Å²) in [6.07, 6.45) is 3.56. The number of hydrogen-bond acceptors (Lipinski definition) is 3. The number of benzene rings is 2. The molecule has 0 aliphatic rings. The van der Waals surface area contributed by atoms with Crippen LogP contribution in [0.4, 0.5) is 5.69 Å². The Labute approximate surface area is 138 Å². The molecule has 0 bridgehead atoms. The molecule has 0 aliphatic heterocycles. The van der Waals surface area contributed by atoms with Gasteiger partial charge in [-0.05, 0) is 61.7 Å². The van der Waals surface area contributed by atoms with E-state index in [1.54, 1.807) is 6.08 Å². The average molecular weight is 309 g/mol. The quantitative estimate of drug-likeness (QED) is 0.531. The van der Waals surface area contributed by atoms with Crippen molar-refractivity contribution in [2.75, 3.05) is 13.2 Å². The fraction of sp³-hybridized carbons (Fsp3) is 0.250. The van der Waals surface area contributed by atoms with Crippen LogP contribution >= 0.6 is 0 Å². The van der Waals surface area contributed by atoms with Crippen LogP contribution in [0.15, 0.2) is 54.0 Å². The predicted molar refractivity (Wildman–Crippen MR) is 96.5 cm³/mol. The van der Waals surface area contributed by atoms with Crippen LogP contribution in [0.1, 0.15) is 23.6 Å². The molecule has 0 atom stereocenters. The molecular weight excluding hydrogens is 286 g/mol. The van der Waals surface area contributed by atoms with Gasteiger partial charge in [0.15, 0.2) is 11.5 Å². The second kappa shape index (κ2) is 8.18. The van der Waals surface area contributed by atoms with Crippen molar-refractivity contribution in [2.24, 2.45) is 4.99 Å². The Morgan fingerprint density at radius 2 is 1.91 bits per heavy atom. The second-order valence-corrected chi connectivity index (χ2v) is 5.22. The molecule has 23 heavy (non-hydrogen) atoms. The van der Waals surface area contributed by atoms with E-state index in [4.69, 9.17) is 9.47 Å². The normalized spacial score (nSPS) is 10.7. The highest BCUT2D eigenvalue weighted by atomic mass is 16.5. The van der Waals surface area contributed by atoms with Gasteiger partial charge in [-0.2, -0.15) is 0 Å². The van der Waals surface area contributed by atoms with Gasteiger partial charge in [0.1, 0.15) is 6.61 Å². The standard InChI is InChI=1S/C20H23NO2/c1-5-12-23-19-11-10-17(13-20(19)22-6-2)14-21-18-9-7-8-15(3)16(18)4/h5,7-11,13-14H,1,6,12H2,2-4H3. The first kappa shape index (κ1) is 16.8. The Morgan fingerprint density at radius 1 is 1.09 bits per heavy atom. The molecule has 2 rings (SSSR count). The van der Waals surface area contributed by atoms with Gasteiger partial charge >= 0.3 is 0 Å². The van der Waals surface area contributed by atoms with Gasteiger partial charge in [0.05, 0.1) is 12.3 Å². The fourth-order valence-electron chi connectivity index (χ4n) is 2.16. The summed E-state index contributed by atoms with van der Waals surface area (Å²) in [5.74, 6) is 1.44. The van der Waals surface area contributed by atoms with Crippen molar-refractivity contribution in [1.29, 1.82) is 0 Å². The molecule has 2 aromatic rings. The van der Waals surface area contributed by atoms with Gasteiger partial charge in [0, 0.05) is 6.21 Å². The molecule has 0 aliphatic carbocycles. The summed E-state index contributed by atoms with van der Waals surface area (Å²) in [4.78, 5) is 4.59. The number of aliphatic imine (C=N–C) groups is 1. The van der Waals surface area contributed by atoms with Crippen LogP contribution in [0.2, 0.25) is 0 Å². The van der Waals surface area contributed by atoms with Gasteiger partial charge in [-0.1, -0.05) is 24.8 Å². The van der Waals surface area contributed by atoms with Gasteiger partial charge in [0.2, 0.25) is 0 Å². The summed E-state index contributed by atoms with van der Waals surface area (Å²) in [5, 5.41) is 0. The highest BCUT2D eigenvalue weighted by Crippen LogP contribution is 2.28. The summed E-state index contributed by atoms with van der Waals surface area (Å²) in [7, 11) is 0. The van der Waals surface area contributed by atoms with E-state index >= 15 is 0 Å².